The lowest BCUT2D eigenvalue weighted by atomic mass is 9.88. The summed E-state index contributed by atoms with van der Waals surface area (Å²) in [7, 11) is 0. The number of carbonyl (C=O) groups is 1. The fourth-order valence-electron chi connectivity index (χ4n) is 4.37. The van der Waals surface area contributed by atoms with Crippen molar-refractivity contribution in [1.82, 2.24) is 0 Å². The minimum absolute atomic E-state index is 0.0257. The van der Waals surface area contributed by atoms with Crippen molar-refractivity contribution in [3.63, 3.8) is 0 Å². The van der Waals surface area contributed by atoms with Crippen LogP contribution in [-0.2, 0) is 9.53 Å². The van der Waals surface area contributed by atoms with Crippen molar-refractivity contribution >= 4 is 23.3 Å². The second kappa shape index (κ2) is 7.56. The van der Waals surface area contributed by atoms with E-state index >= 15 is 0 Å². The van der Waals surface area contributed by atoms with E-state index in [4.69, 9.17) is 4.74 Å². The van der Waals surface area contributed by atoms with Gasteiger partial charge in [-0.05, 0) is 69.4 Å². The second-order valence-electron chi connectivity index (χ2n) is 8.66. The Morgan fingerprint density at radius 3 is 2.21 bits per heavy atom. The Balaban J connectivity index is 1.54. The van der Waals surface area contributed by atoms with Crippen LogP contribution in [0.15, 0.2) is 47.1 Å². The third-order valence-corrected chi connectivity index (χ3v) is 7.50. The molecular weight excluding hydrogens is 380 g/mol. The van der Waals surface area contributed by atoms with Gasteiger partial charge in [0.25, 0.3) is 0 Å². The first-order valence-electron chi connectivity index (χ1n) is 10.2. The largest absolute Gasteiger partial charge is 0.511 e. The summed E-state index contributed by atoms with van der Waals surface area (Å²) < 4.78 is 5.93. The Morgan fingerprint density at radius 2 is 1.66 bits per heavy atom. The third-order valence-electron chi connectivity index (χ3n) is 6.17. The number of ether oxygens (including phenoxy) is 1. The van der Waals surface area contributed by atoms with Gasteiger partial charge in [-0.1, -0.05) is 35.4 Å². The van der Waals surface area contributed by atoms with Gasteiger partial charge in [-0.2, -0.15) is 0 Å². The van der Waals surface area contributed by atoms with E-state index in [2.05, 4.69) is 31.2 Å². The average Bonchev–Trinajstić information content (AvgIpc) is 3.44. The average molecular weight is 409 g/mol. The minimum Gasteiger partial charge on any atom is -0.511 e. The molecule has 0 aromatic heterocycles. The highest BCUT2D eigenvalue weighted by atomic mass is 32.2. The zero-order valence-electron chi connectivity index (χ0n) is 17.5. The first-order chi connectivity index (χ1) is 13.8. The number of esters is 1. The highest BCUT2D eigenvalue weighted by molar-refractivity contribution is 7.99. The molecule has 1 saturated carbocycles. The van der Waals surface area contributed by atoms with E-state index < -0.39 is 0 Å². The smallest absolute Gasteiger partial charge is 0.342 e. The predicted molar refractivity (Wildman–Crippen MR) is 118 cm³/mol. The molecule has 4 heteroatoms. The molecule has 0 saturated heterocycles. The van der Waals surface area contributed by atoms with Gasteiger partial charge in [0.2, 0.25) is 0 Å². The van der Waals surface area contributed by atoms with Crippen LogP contribution >= 0.6 is 11.8 Å². The Labute approximate surface area is 177 Å². The highest BCUT2D eigenvalue weighted by Crippen LogP contribution is 2.55. The summed E-state index contributed by atoms with van der Waals surface area (Å²) in [6.07, 6.45) is 2.23. The number of thioether (sulfide) groups is 1. The number of aliphatic hydroxyl groups is 1. The molecule has 29 heavy (non-hydrogen) atoms. The summed E-state index contributed by atoms with van der Waals surface area (Å²) in [5.74, 6) is 0.687. The lowest BCUT2D eigenvalue weighted by Gasteiger charge is -2.31. The van der Waals surface area contributed by atoms with E-state index in [0.29, 0.717) is 12.0 Å². The van der Waals surface area contributed by atoms with E-state index in [1.54, 1.807) is 0 Å². The van der Waals surface area contributed by atoms with Crippen LogP contribution in [0, 0.1) is 33.1 Å². The van der Waals surface area contributed by atoms with Gasteiger partial charge < -0.3 is 9.84 Å². The molecule has 1 fully saturated rings. The molecule has 0 spiro atoms. The number of aryl methyl sites for hydroxylation is 4. The zero-order valence-corrected chi connectivity index (χ0v) is 18.4. The number of hydrogen-bond donors (Lipinski definition) is 1. The van der Waals surface area contributed by atoms with Crippen molar-refractivity contribution in [2.45, 2.75) is 58.0 Å². The maximum atomic E-state index is 12.9. The Morgan fingerprint density at radius 1 is 1.03 bits per heavy atom. The standard InChI is InChI=1S/C25H28O3S/c1-15-5-7-19(8-6-15)29-14-25(9-10-25)21-13-20(26)23(24(27)28-21)22-17(3)11-16(2)12-18(22)4/h5-8,11-12,21,26H,9-10,13-14H2,1-4H3. The van der Waals surface area contributed by atoms with Gasteiger partial charge >= 0.3 is 5.97 Å². The fourth-order valence-corrected chi connectivity index (χ4v) is 5.63. The Kier molecular flexibility index (Phi) is 5.24. The summed E-state index contributed by atoms with van der Waals surface area (Å²) in [6.45, 7) is 8.09. The van der Waals surface area contributed by atoms with Crippen LogP contribution in [0.5, 0.6) is 0 Å². The van der Waals surface area contributed by atoms with Crippen molar-refractivity contribution in [3.8, 4) is 0 Å². The molecule has 0 bridgehead atoms. The summed E-state index contributed by atoms with van der Waals surface area (Å²) in [5, 5.41) is 10.9. The number of cyclic esters (lactones) is 1. The van der Waals surface area contributed by atoms with Crippen LogP contribution in [0.25, 0.3) is 5.57 Å². The Hall–Kier alpha value is -2.20. The van der Waals surface area contributed by atoms with Crippen molar-refractivity contribution in [1.29, 1.82) is 0 Å². The molecule has 2 aromatic carbocycles. The molecular formula is C25H28O3S. The van der Waals surface area contributed by atoms with Crippen LogP contribution in [0.2, 0.25) is 0 Å². The van der Waals surface area contributed by atoms with E-state index in [0.717, 1.165) is 40.8 Å². The van der Waals surface area contributed by atoms with Crippen molar-refractivity contribution in [2.75, 3.05) is 5.75 Å². The van der Waals surface area contributed by atoms with Gasteiger partial charge in [-0.15, -0.1) is 11.8 Å². The summed E-state index contributed by atoms with van der Waals surface area (Å²) >= 11 is 1.81. The maximum absolute atomic E-state index is 12.9. The van der Waals surface area contributed by atoms with E-state index in [9.17, 15) is 9.90 Å². The number of rotatable bonds is 5. The normalized spacial score (nSPS) is 20.6. The molecule has 1 unspecified atom stereocenters. The minimum atomic E-state index is -0.389. The number of aliphatic hydroxyl groups excluding tert-OH is 1. The second-order valence-corrected chi connectivity index (χ2v) is 9.71. The molecule has 1 atom stereocenters. The van der Waals surface area contributed by atoms with Gasteiger partial charge in [0, 0.05) is 22.5 Å². The van der Waals surface area contributed by atoms with Crippen molar-refractivity contribution < 1.29 is 14.6 Å². The van der Waals surface area contributed by atoms with Crippen molar-refractivity contribution in [2.24, 2.45) is 5.41 Å². The van der Waals surface area contributed by atoms with Gasteiger partial charge in [-0.3, -0.25) is 0 Å². The van der Waals surface area contributed by atoms with Crippen molar-refractivity contribution in [3.05, 3.63) is 70.0 Å². The first kappa shape index (κ1) is 20.1. The van der Waals surface area contributed by atoms with Crippen LogP contribution in [0.4, 0.5) is 0 Å². The number of hydrogen-bond acceptors (Lipinski definition) is 4. The molecule has 2 aromatic rings. The third kappa shape index (κ3) is 3.95. The molecule has 3 nitrogen and oxygen atoms in total. The summed E-state index contributed by atoms with van der Waals surface area (Å²) in [5.41, 5.74) is 5.53. The van der Waals surface area contributed by atoms with Crippen LogP contribution < -0.4 is 0 Å². The molecule has 1 aliphatic carbocycles. The van der Waals surface area contributed by atoms with E-state index in [1.807, 2.05) is 44.7 Å². The van der Waals surface area contributed by atoms with Gasteiger partial charge in [0.1, 0.15) is 17.4 Å². The maximum Gasteiger partial charge on any atom is 0.342 e. The van der Waals surface area contributed by atoms with Crippen LogP contribution in [0.1, 0.15) is 47.1 Å². The van der Waals surface area contributed by atoms with Gasteiger partial charge in [0.05, 0.1) is 0 Å². The monoisotopic (exact) mass is 408 g/mol. The first-order valence-corrected chi connectivity index (χ1v) is 11.2. The van der Waals surface area contributed by atoms with Crippen LogP contribution in [-0.4, -0.2) is 22.9 Å². The lowest BCUT2D eigenvalue weighted by Crippen LogP contribution is -2.35. The molecule has 1 aliphatic heterocycles. The SMILES string of the molecule is Cc1ccc(SCC2(C3CC(O)=C(c4c(C)cc(C)cc4C)C(=O)O3)CC2)cc1. The fraction of sp³-hybridized carbons (Fsp3) is 0.400. The predicted octanol–water partition coefficient (Wildman–Crippen LogP) is 6.08. The summed E-state index contributed by atoms with van der Waals surface area (Å²) in [4.78, 5) is 14.2. The molecule has 4 rings (SSSR count). The molecule has 152 valence electrons. The van der Waals surface area contributed by atoms with Crippen LogP contribution in [0.3, 0.4) is 0 Å². The molecule has 0 amide bonds. The number of carbonyl (C=O) groups excluding carboxylic acids is 1. The van der Waals surface area contributed by atoms with E-state index in [1.165, 1.54) is 10.5 Å². The highest BCUT2D eigenvalue weighted by Gasteiger charge is 2.53. The quantitative estimate of drug-likeness (QED) is 0.481. The lowest BCUT2D eigenvalue weighted by molar-refractivity contribution is -0.147. The molecule has 2 aliphatic rings. The molecule has 0 radical (unpaired) electrons. The summed E-state index contributed by atoms with van der Waals surface area (Å²) in [6, 6.07) is 12.6. The molecule has 1 heterocycles. The number of benzene rings is 2. The zero-order chi connectivity index (χ0) is 20.8. The van der Waals surface area contributed by atoms with Gasteiger partial charge in [0.15, 0.2) is 0 Å². The van der Waals surface area contributed by atoms with Gasteiger partial charge in [-0.25, -0.2) is 4.79 Å². The Bertz CT molecular complexity index is 961. The van der Waals surface area contributed by atoms with E-state index in [-0.39, 0.29) is 23.2 Å². The topological polar surface area (TPSA) is 46.5 Å². The molecule has 1 N–H and O–H groups in total.